The quantitative estimate of drug-likeness (QED) is 0.862. The van der Waals surface area contributed by atoms with E-state index in [1.807, 2.05) is 6.07 Å². The van der Waals surface area contributed by atoms with E-state index in [9.17, 15) is 9.90 Å². The molecule has 0 aromatic heterocycles. The van der Waals surface area contributed by atoms with Crippen LogP contribution in [0, 0.1) is 17.2 Å². The maximum atomic E-state index is 12.0. The lowest BCUT2D eigenvalue weighted by Gasteiger charge is -2.18. The van der Waals surface area contributed by atoms with Gasteiger partial charge in [0.25, 0.3) is 5.91 Å². The lowest BCUT2D eigenvalue weighted by molar-refractivity contribution is -0.127. The standard InChI is InChI=1S/C16H20N2O3/c1-11(21-14-6-2-4-12(8-14)9-17)16(20)18-10-13-5-3-7-15(13)19/h2,4,6,8,11,13,15,19H,3,5,7,10H2,1H3,(H,18,20). The predicted octanol–water partition coefficient (Wildman–Crippen LogP) is 1.60. The Hall–Kier alpha value is -2.06. The molecule has 0 heterocycles. The Morgan fingerprint density at radius 2 is 2.38 bits per heavy atom. The molecule has 2 N–H and O–H groups in total. The second-order valence-electron chi connectivity index (χ2n) is 5.40. The zero-order valence-corrected chi connectivity index (χ0v) is 12.1. The van der Waals surface area contributed by atoms with Gasteiger partial charge in [0.2, 0.25) is 0 Å². The molecule has 1 fully saturated rings. The topological polar surface area (TPSA) is 82.3 Å². The van der Waals surface area contributed by atoms with Gasteiger partial charge in [0.05, 0.1) is 17.7 Å². The van der Waals surface area contributed by atoms with Crippen LogP contribution in [0.4, 0.5) is 0 Å². The summed E-state index contributed by atoms with van der Waals surface area (Å²) in [6.45, 7) is 2.14. The molecular weight excluding hydrogens is 268 g/mol. The molecule has 0 aliphatic heterocycles. The first-order valence-electron chi connectivity index (χ1n) is 7.22. The zero-order chi connectivity index (χ0) is 15.2. The van der Waals surface area contributed by atoms with Gasteiger partial charge in [0.1, 0.15) is 5.75 Å². The molecule has 0 spiro atoms. The summed E-state index contributed by atoms with van der Waals surface area (Å²) in [5, 5.41) is 21.4. The smallest absolute Gasteiger partial charge is 0.260 e. The lowest BCUT2D eigenvalue weighted by Crippen LogP contribution is -2.40. The Morgan fingerprint density at radius 1 is 1.57 bits per heavy atom. The van der Waals surface area contributed by atoms with Crippen LogP contribution in [-0.2, 0) is 4.79 Å². The van der Waals surface area contributed by atoms with Crippen LogP contribution < -0.4 is 10.1 Å². The Bertz CT molecular complexity index is 539. The van der Waals surface area contributed by atoms with E-state index >= 15 is 0 Å². The number of rotatable bonds is 5. The second-order valence-corrected chi connectivity index (χ2v) is 5.40. The van der Waals surface area contributed by atoms with Gasteiger partial charge in [-0.15, -0.1) is 0 Å². The van der Waals surface area contributed by atoms with E-state index in [1.54, 1.807) is 31.2 Å². The molecule has 3 atom stereocenters. The van der Waals surface area contributed by atoms with Crippen LogP contribution in [0.5, 0.6) is 5.75 Å². The van der Waals surface area contributed by atoms with Crippen molar-refractivity contribution in [3.63, 3.8) is 0 Å². The van der Waals surface area contributed by atoms with Crippen LogP contribution in [0.25, 0.3) is 0 Å². The molecule has 0 radical (unpaired) electrons. The number of ether oxygens (including phenoxy) is 1. The summed E-state index contributed by atoms with van der Waals surface area (Å²) in [5.41, 5.74) is 0.495. The van der Waals surface area contributed by atoms with Gasteiger partial charge in [-0.1, -0.05) is 12.5 Å². The molecule has 2 rings (SSSR count). The number of carbonyl (C=O) groups is 1. The Balaban J connectivity index is 1.83. The minimum absolute atomic E-state index is 0.142. The number of nitrogens with zero attached hydrogens (tertiary/aromatic N) is 1. The van der Waals surface area contributed by atoms with Crippen molar-refractivity contribution in [1.29, 1.82) is 5.26 Å². The van der Waals surface area contributed by atoms with Gasteiger partial charge in [-0.05, 0) is 38.0 Å². The zero-order valence-electron chi connectivity index (χ0n) is 12.1. The van der Waals surface area contributed by atoms with Crippen molar-refractivity contribution in [3.8, 4) is 11.8 Å². The largest absolute Gasteiger partial charge is 0.481 e. The molecule has 0 bridgehead atoms. The number of nitrogens with one attached hydrogen (secondary N) is 1. The minimum atomic E-state index is -0.641. The number of aliphatic hydroxyl groups excluding tert-OH is 1. The number of aliphatic hydroxyl groups is 1. The van der Waals surface area contributed by atoms with E-state index in [1.165, 1.54) is 0 Å². The first-order chi connectivity index (χ1) is 10.1. The van der Waals surface area contributed by atoms with Crippen LogP contribution in [-0.4, -0.2) is 29.8 Å². The van der Waals surface area contributed by atoms with Gasteiger partial charge in [-0.25, -0.2) is 0 Å². The molecule has 1 amide bonds. The molecule has 1 aromatic carbocycles. The first-order valence-corrected chi connectivity index (χ1v) is 7.22. The van der Waals surface area contributed by atoms with Crippen molar-refractivity contribution >= 4 is 5.91 Å². The summed E-state index contributed by atoms with van der Waals surface area (Å²) in [6.07, 6.45) is 1.81. The summed E-state index contributed by atoms with van der Waals surface area (Å²) in [6, 6.07) is 8.74. The second kappa shape index (κ2) is 7.09. The van der Waals surface area contributed by atoms with Crippen LogP contribution in [0.2, 0.25) is 0 Å². The fourth-order valence-electron chi connectivity index (χ4n) is 2.53. The van der Waals surface area contributed by atoms with E-state index in [4.69, 9.17) is 10.00 Å². The highest BCUT2D eigenvalue weighted by atomic mass is 16.5. The SMILES string of the molecule is CC(Oc1cccc(C#N)c1)C(=O)NCC1CCCC1O. The normalized spacial score (nSPS) is 22.3. The molecule has 3 unspecified atom stereocenters. The van der Waals surface area contributed by atoms with Gasteiger partial charge < -0.3 is 15.2 Å². The third kappa shape index (κ3) is 4.20. The number of carbonyl (C=O) groups excluding carboxylic acids is 1. The first kappa shape index (κ1) is 15.3. The van der Waals surface area contributed by atoms with E-state index in [0.29, 0.717) is 17.9 Å². The lowest BCUT2D eigenvalue weighted by atomic mass is 10.1. The van der Waals surface area contributed by atoms with Crippen molar-refractivity contribution in [3.05, 3.63) is 29.8 Å². The summed E-state index contributed by atoms with van der Waals surface area (Å²) < 4.78 is 5.53. The Labute approximate surface area is 124 Å². The maximum absolute atomic E-state index is 12.0. The fourth-order valence-corrected chi connectivity index (χ4v) is 2.53. The monoisotopic (exact) mass is 288 g/mol. The van der Waals surface area contributed by atoms with Crippen molar-refractivity contribution in [2.24, 2.45) is 5.92 Å². The highest BCUT2D eigenvalue weighted by molar-refractivity contribution is 5.80. The van der Waals surface area contributed by atoms with E-state index in [2.05, 4.69) is 5.32 Å². The maximum Gasteiger partial charge on any atom is 0.260 e. The van der Waals surface area contributed by atoms with Gasteiger partial charge >= 0.3 is 0 Å². The highest BCUT2D eigenvalue weighted by Gasteiger charge is 2.26. The summed E-state index contributed by atoms with van der Waals surface area (Å²) in [5.74, 6) is 0.428. The van der Waals surface area contributed by atoms with Gasteiger partial charge in [0.15, 0.2) is 6.10 Å². The molecule has 1 aliphatic carbocycles. The molecule has 1 saturated carbocycles. The van der Waals surface area contributed by atoms with E-state index in [-0.39, 0.29) is 17.9 Å². The molecule has 1 aromatic rings. The van der Waals surface area contributed by atoms with Gasteiger partial charge in [0, 0.05) is 12.5 Å². The summed E-state index contributed by atoms with van der Waals surface area (Å²) >= 11 is 0. The predicted molar refractivity (Wildman–Crippen MR) is 77.6 cm³/mol. The molecule has 0 saturated heterocycles. The molecule has 1 aliphatic rings. The van der Waals surface area contributed by atoms with Crippen LogP contribution in [0.1, 0.15) is 31.7 Å². The van der Waals surface area contributed by atoms with Crippen molar-refractivity contribution < 1.29 is 14.6 Å². The van der Waals surface area contributed by atoms with E-state index < -0.39 is 6.10 Å². The Kier molecular flexibility index (Phi) is 5.18. The molecule has 112 valence electrons. The number of hydrogen-bond acceptors (Lipinski definition) is 4. The average Bonchev–Trinajstić information content (AvgIpc) is 2.90. The molecule has 5 heteroatoms. The molecule has 5 nitrogen and oxygen atoms in total. The molecule has 21 heavy (non-hydrogen) atoms. The Morgan fingerprint density at radius 3 is 3.05 bits per heavy atom. The summed E-state index contributed by atoms with van der Waals surface area (Å²) in [4.78, 5) is 12.0. The number of amides is 1. The van der Waals surface area contributed by atoms with Crippen molar-refractivity contribution in [1.82, 2.24) is 5.32 Å². The van der Waals surface area contributed by atoms with E-state index in [0.717, 1.165) is 19.3 Å². The van der Waals surface area contributed by atoms with Crippen LogP contribution in [0.3, 0.4) is 0 Å². The summed E-state index contributed by atoms with van der Waals surface area (Å²) in [7, 11) is 0. The fraction of sp³-hybridized carbons (Fsp3) is 0.500. The van der Waals surface area contributed by atoms with Crippen molar-refractivity contribution in [2.75, 3.05) is 6.54 Å². The van der Waals surface area contributed by atoms with Crippen molar-refractivity contribution in [2.45, 2.75) is 38.4 Å². The molecular formula is C16H20N2O3. The van der Waals surface area contributed by atoms with Gasteiger partial charge in [-0.3, -0.25) is 4.79 Å². The van der Waals surface area contributed by atoms with Crippen LogP contribution >= 0.6 is 0 Å². The third-order valence-corrected chi connectivity index (χ3v) is 3.80. The van der Waals surface area contributed by atoms with Gasteiger partial charge in [-0.2, -0.15) is 5.26 Å². The number of benzene rings is 1. The van der Waals surface area contributed by atoms with Crippen LogP contribution in [0.15, 0.2) is 24.3 Å². The highest BCUT2D eigenvalue weighted by Crippen LogP contribution is 2.24. The average molecular weight is 288 g/mol. The minimum Gasteiger partial charge on any atom is -0.481 e. The number of hydrogen-bond donors (Lipinski definition) is 2. The third-order valence-electron chi connectivity index (χ3n) is 3.80. The number of nitriles is 1.